The van der Waals surface area contributed by atoms with Crippen LogP contribution in [0.15, 0.2) is 30.4 Å². The number of nitrogens with zero attached hydrogens (tertiary/aromatic N) is 1. The van der Waals surface area contributed by atoms with Gasteiger partial charge in [-0.15, -0.1) is 0 Å². The molecule has 0 saturated heterocycles. The Hall–Kier alpha value is -1.82. The third-order valence-corrected chi connectivity index (χ3v) is 4.92. The van der Waals surface area contributed by atoms with E-state index in [4.69, 9.17) is 10.00 Å². The number of nitriles is 1. The van der Waals surface area contributed by atoms with E-state index in [9.17, 15) is 4.39 Å². The smallest absolute Gasteiger partial charge is 0.144 e. The molecule has 0 aromatic heterocycles. The molecule has 1 aromatic rings. The summed E-state index contributed by atoms with van der Waals surface area (Å²) < 4.78 is 19.0. The molecular formula is C21H28FNO. The van der Waals surface area contributed by atoms with E-state index in [2.05, 4.69) is 13.0 Å². The highest BCUT2D eigenvalue weighted by atomic mass is 19.1. The Morgan fingerprint density at radius 2 is 2.04 bits per heavy atom. The average molecular weight is 329 g/mol. The first-order valence-corrected chi connectivity index (χ1v) is 9.22. The van der Waals surface area contributed by atoms with Crippen LogP contribution in [0.4, 0.5) is 4.39 Å². The number of rotatable bonds is 8. The first-order valence-electron chi connectivity index (χ1n) is 9.22. The molecule has 0 heterocycles. The van der Waals surface area contributed by atoms with E-state index < -0.39 is 5.82 Å². The summed E-state index contributed by atoms with van der Waals surface area (Å²) in [6.45, 7) is 2.71. The van der Waals surface area contributed by atoms with Crippen LogP contribution < -0.4 is 4.74 Å². The van der Waals surface area contributed by atoms with Crippen LogP contribution >= 0.6 is 0 Å². The van der Waals surface area contributed by atoms with E-state index >= 15 is 0 Å². The lowest BCUT2D eigenvalue weighted by Crippen LogP contribution is -2.13. The first-order chi connectivity index (χ1) is 11.7. The van der Waals surface area contributed by atoms with Gasteiger partial charge in [0.2, 0.25) is 0 Å². The van der Waals surface area contributed by atoms with Crippen LogP contribution in [0.1, 0.15) is 63.9 Å². The van der Waals surface area contributed by atoms with Crippen molar-refractivity contribution in [3.63, 3.8) is 0 Å². The van der Waals surface area contributed by atoms with Gasteiger partial charge < -0.3 is 4.74 Å². The molecule has 2 nitrogen and oxygen atoms in total. The Morgan fingerprint density at radius 3 is 2.71 bits per heavy atom. The second-order valence-corrected chi connectivity index (χ2v) is 6.77. The van der Waals surface area contributed by atoms with Crippen LogP contribution in [0, 0.1) is 29.0 Å². The highest BCUT2D eigenvalue weighted by Crippen LogP contribution is 2.32. The van der Waals surface area contributed by atoms with Gasteiger partial charge in [-0.25, -0.2) is 4.39 Å². The van der Waals surface area contributed by atoms with Crippen LogP contribution in [0.5, 0.6) is 5.75 Å². The van der Waals surface area contributed by atoms with E-state index in [1.165, 1.54) is 63.5 Å². The van der Waals surface area contributed by atoms with E-state index in [1.54, 1.807) is 6.07 Å². The summed E-state index contributed by atoms with van der Waals surface area (Å²) >= 11 is 0. The average Bonchev–Trinajstić information content (AvgIpc) is 2.60. The zero-order valence-corrected chi connectivity index (χ0v) is 14.6. The fourth-order valence-corrected chi connectivity index (χ4v) is 3.42. The summed E-state index contributed by atoms with van der Waals surface area (Å²) in [5, 5.41) is 8.70. The summed E-state index contributed by atoms with van der Waals surface area (Å²) in [6, 6.07) is 6.17. The first kappa shape index (κ1) is 18.5. The third kappa shape index (κ3) is 6.00. The van der Waals surface area contributed by atoms with Gasteiger partial charge in [0.1, 0.15) is 24.2 Å². The van der Waals surface area contributed by atoms with Crippen molar-refractivity contribution in [1.29, 1.82) is 5.26 Å². The summed E-state index contributed by atoms with van der Waals surface area (Å²) in [6.07, 6.45) is 15.0. The van der Waals surface area contributed by atoms with Crippen molar-refractivity contribution >= 4 is 0 Å². The Bertz CT molecular complexity index is 568. The number of hydrogen-bond acceptors (Lipinski definition) is 2. The van der Waals surface area contributed by atoms with Gasteiger partial charge >= 0.3 is 0 Å². The van der Waals surface area contributed by atoms with Crippen molar-refractivity contribution in [3.8, 4) is 11.8 Å². The highest BCUT2D eigenvalue weighted by molar-refractivity contribution is 5.36. The topological polar surface area (TPSA) is 33.0 Å². The molecule has 3 heteroatoms. The standard InChI is InChI=1S/C21H28FNO/c1-2-3-4-6-17-8-10-18(11-9-17)7-5-14-24-20-13-12-19(16-23)21(22)15-20/h5,7,12-13,15,17-18H,2-4,6,8-11,14H2,1H3/b7-5+. The molecule has 0 atom stereocenters. The lowest BCUT2D eigenvalue weighted by atomic mass is 9.79. The molecule has 1 fully saturated rings. The highest BCUT2D eigenvalue weighted by Gasteiger charge is 2.18. The van der Waals surface area contributed by atoms with Crippen LogP contribution in [-0.2, 0) is 0 Å². The molecule has 0 radical (unpaired) electrons. The van der Waals surface area contributed by atoms with Crippen LogP contribution in [0.25, 0.3) is 0 Å². The number of hydrogen-bond donors (Lipinski definition) is 0. The predicted octanol–water partition coefficient (Wildman–Crippen LogP) is 6.02. The molecule has 0 spiro atoms. The summed E-state index contributed by atoms with van der Waals surface area (Å²) in [5.41, 5.74) is 0.0496. The number of unbranched alkanes of at least 4 members (excludes halogenated alkanes) is 2. The Morgan fingerprint density at radius 1 is 1.25 bits per heavy atom. The fourth-order valence-electron chi connectivity index (χ4n) is 3.42. The number of ether oxygens (including phenoxy) is 1. The van der Waals surface area contributed by atoms with Gasteiger partial charge in [0.05, 0.1) is 5.56 Å². The van der Waals surface area contributed by atoms with Gasteiger partial charge in [-0.1, -0.05) is 44.8 Å². The Kier molecular flexibility index (Phi) is 7.82. The SMILES string of the molecule is CCCCCC1CCC(/C=C/COc2ccc(C#N)c(F)c2)CC1. The zero-order chi connectivity index (χ0) is 17.2. The van der Waals surface area contributed by atoms with Crippen molar-refractivity contribution in [1.82, 2.24) is 0 Å². The number of allylic oxidation sites excluding steroid dienone is 1. The van der Waals surface area contributed by atoms with Crippen molar-refractivity contribution in [2.24, 2.45) is 11.8 Å². The Balaban J connectivity index is 1.66. The summed E-state index contributed by atoms with van der Waals surface area (Å²) in [5.74, 6) is 1.53. The fraction of sp³-hybridized carbons (Fsp3) is 0.571. The minimum Gasteiger partial charge on any atom is -0.489 e. The van der Waals surface area contributed by atoms with Gasteiger partial charge in [-0.3, -0.25) is 0 Å². The molecule has 0 bridgehead atoms. The lowest BCUT2D eigenvalue weighted by Gasteiger charge is -2.26. The molecular weight excluding hydrogens is 301 g/mol. The van der Waals surface area contributed by atoms with Gasteiger partial charge in [0.15, 0.2) is 0 Å². The molecule has 1 saturated carbocycles. The third-order valence-electron chi connectivity index (χ3n) is 4.92. The van der Waals surface area contributed by atoms with Gasteiger partial charge in [-0.2, -0.15) is 5.26 Å². The maximum absolute atomic E-state index is 13.5. The Labute approximate surface area is 145 Å². The molecule has 0 N–H and O–H groups in total. The molecule has 1 aliphatic carbocycles. The van der Waals surface area contributed by atoms with E-state index in [1.807, 2.05) is 12.1 Å². The monoisotopic (exact) mass is 329 g/mol. The minimum absolute atomic E-state index is 0.0496. The van der Waals surface area contributed by atoms with E-state index in [0.29, 0.717) is 18.3 Å². The summed E-state index contributed by atoms with van der Waals surface area (Å²) in [4.78, 5) is 0. The maximum Gasteiger partial charge on any atom is 0.144 e. The van der Waals surface area contributed by atoms with Crippen molar-refractivity contribution in [2.45, 2.75) is 58.3 Å². The second kappa shape index (κ2) is 10.1. The van der Waals surface area contributed by atoms with Crippen molar-refractivity contribution < 1.29 is 9.13 Å². The molecule has 1 aromatic carbocycles. The van der Waals surface area contributed by atoms with Crippen LogP contribution in [-0.4, -0.2) is 6.61 Å². The van der Waals surface area contributed by atoms with Crippen LogP contribution in [0.3, 0.4) is 0 Å². The van der Waals surface area contributed by atoms with Crippen molar-refractivity contribution in [3.05, 3.63) is 41.7 Å². The minimum atomic E-state index is -0.527. The van der Waals surface area contributed by atoms with Crippen molar-refractivity contribution in [2.75, 3.05) is 6.61 Å². The van der Waals surface area contributed by atoms with Gasteiger partial charge in [-0.05, 0) is 49.7 Å². The van der Waals surface area contributed by atoms with E-state index in [-0.39, 0.29) is 5.56 Å². The van der Waals surface area contributed by atoms with Crippen LogP contribution in [0.2, 0.25) is 0 Å². The molecule has 0 aliphatic heterocycles. The molecule has 2 rings (SSSR count). The zero-order valence-electron chi connectivity index (χ0n) is 14.6. The summed E-state index contributed by atoms with van der Waals surface area (Å²) in [7, 11) is 0. The molecule has 130 valence electrons. The van der Waals surface area contributed by atoms with E-state index in [0.717, 1.165) is 5.92 Å². The molecule has 0 amide bonds. The van der Waals surface area contributed by atoms with Gasteiger partial charge in [0, 0.05) is 6.07 Å². The number of halogens is 1. The molecule has 24 heavy (non-hydrogen) atoms. The molecule has 0 unspecified atom stereocenters. The maximum atomic E-state index is 13.5. The lowest BCUT2D eigenvalue weighted by molar-refractivity contribution is 0.288. The normalized spacial score (nSPS) is 20.9. The largest absolute Gasteiger partial charge is 0.489 e. The predicted molar refractivity (Wildman–Crippen MR) is 95.3 cm³/mol. The second-order valence-electron chi connectivity index (χ2n) is 6.77. The number of benzene rings is 1. The molecule has 1 aliphatic rings. The quantitative estimate of drug-likeness (QED) is 0.431. The van der Waals surface area contributed by atoms with Gasteiger partial charge in [0.25, 0.3) is 0 Å².